The van der Waals surface area contributed by atoms with Gasteiger partial charge in [0.1, 0.15) is 0 Å². The van der Waals surface area contributed by atoms with Gasteiger partial charge >= 0.3 is 0 Å². The molecule has 3 nitrogen and oxygen atoms in total. The number of carbonyl (C=O) groups is 1. The fraction of sp³-hybridized carbons (Fsp3) is 0.471. The van der Waals surface area contributed by atoms with Crippen molar-refractivity contribution in [1.29, 1.82) is 0 Å². The molecule has 0 bridgehead atoms. The number of hydrogen-bond acceptors (Lipinski definition) is 2. The van der Waals surface area contributed by atoms with Crippen LogP contribution in [0.15, 0.2) is 24.3 Å². The van der Waals surface area contributed by atoms with E-state index in [1.807, 2.05) is 24.3 Å². The largest absolute Gasteiger partial charge is 0.326 e. The molecule has 1 aliphatic rings. The Kier molecular flexibility index (Phi) is 5.64. The molecule has 0 aliphatic carbocycles. The minimum absolute atomic E-state index is 0.0791. The summed E-state index contributed by atoms with van der Waals surface area (Å²) in [6.45, 7) is 3.41. The summed E-state index contributed by atoms with van der Waals surface area (Å²) >= 11 is 0. The first kappa shape index (κ1) is 14.6. The van der Waals surface area contributed by atoms with Gasteiger partial charge in [0.25, 0.3) is 0 Å². The average Bonchev–Trinajstić information content (AvgIpc) is 2.49. The van der Waals surface area contributed by atoms with Crippen molar-refractivity contribution in [3.05, 3.63) is 29.8 Å². The molecule has 1 fully saturated rings. The summed E-state index contributed by atoms with van der Waals surface area (Å²) in [7, 11) is 0. The van der Waals surface area contributed by atoms with Crippen LogP contribution in [0.2, 0.25) is 0 Å². The van der Waals surface area contributed by atoms with Crippen LogP contribution in [-0.4, -0.2) is 30.4 Å². The Morgan fingerprint density at radius 1 is 1.20 bits per heavy atom. The van der Waals surface area contributed by atoms with Crippen LogP contribution in [0.1, 0.15) is 37.7 Å². The van der Waals surface area contributed by atoms with E-state index in [0.717, 1.165) is 24.2 Å². The highest BCUT2D eigenvalue weighted by atomic mass is 16.1. The standard InChI is InChI=1S/C17H22N2O/c1-2-15-8-10-16(11-9-15)18-17(20)7-6-14-19-12-4-3-5-13-19/h1,8-11H,3-7,12-14H2,(H,18,20). The molecule has 1 aromatic carbocycles. The Labute approximate surface area is 121 Å². The van der Waals surface area contributed by atoms with Gasteiger partial charge in [-0.3, -0.25) is 4.79 Å². The maximum Gasteiger partial charge on any atom is 0.224 e. The van der Waals surface area contributed by atoms with Crippen LogP contribution in [0.25, 0.3) is 0 Å². The molecule has 1 aromatic rings. The molecule has 1 N–H and O–H groups in total. The van der Waals surface area contributed by atoms with Crippen molar-refractivity contribution >= 4 is 11.6 Å². The van der Waals surface area contributed by atoms with Crippen LogP contribution in [0, 0.1) is 12.3 Å². The minimum Gasteiger partial charge on any atom is -0.326 e. The van der Waals surface area contributed by atoms with Crippen molar-refractivity contribution in [3.8, 4) is 12.3 Å². The summed E-state index contributed by atoms with van der Waals surface area (Å²) in [5.74, 6) is 2.64. The number of hydrogen-bond donors (Lipinski definition) is 1. The number of anilines is 1. The van der Waals surface area contributed by atoms with E-state index in [2.05, 4.69) is 16.1 Å². The monoisotopic (exact) mass is 270 g/mol. The second-order valence-electron chi connectivity index (χ2n) is 5.28. The molecule has 3 heteroatoms. The summed E-state index contributed by atoms with van der Waals surface area (Å²) in [5.41, 5.74) is 1.64. The smallest absolute Gasteiger partial charge is 0.224 e. The number of rotatable bonds is 5. The Morgan fingerprint density at radius 2 is 1.90 bits per heavy atom. The van der Waals surface area contributed by atoms with Gasteiger partial charge in [-0.15, -0.1) is 6.42 Å². The van der Waals surface area contributed by atoms with E-state index >= 15 is 0 Å². The molecule has 0 unspecified atom stereocenters. The van der Waals surface area contributed by atoms with Crippen LogP contribution in [0.4, 0.5) is 5.69 Å². The van der Waals surface area contributed by atoms with E-state index in [1.165, 1.54) is 32.4 Å². The average molecular weight is 270 g/mol. The number of likely N-dealkylation sites (tertiary alicyclic amines) is 1. The Hall–Kier alpha value is -1.79. The van der Waals surface area contributed by atoms with Gasteiger partial charge < -0.3 is 10.2 Å². The van der Waals surface area contributed by atoms with Crippen molar-refractivity contribution in [2.45, 2.75) is 32.1 Å². The van der Waals surface area contributed by atoms with Gasteiger partial charge in [-0.05, 0) is 63.2 Å². The second kappa shape index (κ2) is 7.72. The van der Waals surface area contributed by atoms with Crippen molar-refractivity contribution in [1.82, 2.24) is 4.90 Å². The SMILES string of the molecule is C#Cc1ccc(NC(=O)CCCN2CCCCC2)cc1. The highest BCUT2D eigenvalue weighted by Crippen LogP contribution is 2.11. The molecule has 1 saturated heterocycles. The third-order valence-electron chi connectivity index (χ3n) is 3.66. The molecule has 0 saturated carbocycles. The van der Waals surface area contributed by atoms with E-state index in [4.69, 9.17) is 6.42 Å². The molecule has 0 atom stereocenters. The fourth-order valence-corrected chi connectivity index (χ4v) is 2.52. The predicted octanol–water partition coefficient (Wildman–Crippen LogP) is 2.87. The quantitative estimate of drug-likeness (QED) is 0.834. The normalized spacial score (nSPS) is 15.6. The van der Waals surface area contributed by atoms with Crippen molar-refractivity contribution in [2.24, 2.45) is 0 Å². The Bertz CT molecular complexity index is 467. The lowest BCUT2D eigenvalue weighted by atomic mass is 10.1. The lowest BCUT2D eigenvalue weighted by Gasteiger charge is -2.26. The zero-order chi connectivity index (χ0) is 14.2. The van der Waals surface area contributed by atoms with Gasteiger partial charge in [0.05, 0.1) is 0 Å². The van der Waals surface area contributed by atoms with Crippen LogP contribution < -0.4 is 5.32 Å². The van der Waals surface area contributed by atoms with Gasteiger partial charge in [0, 0.05) is 17.7 Å². The first-order valence-corrected chi connectivity index (χ1v) is 7.37. The number of piperidine rings is 1. The number of amides is 1. The first-order valence-electron chi connectivity index (χ1n) is 7.37. The molecular formula is C17H22N2O. The molecule has 0 spiro atoms. The number of nitrogens with zero attached hydrogens (tertiary/aromatic N) is 1. The van der Waals surface area contributed by atoms with E-state index in [1.54, 1.807) is 0 Å². The summed E-state index contributed by atoms with van der Waals surface area (Å²) in [6.07, 6.45) is 10.7. The Morgan fingerprint density at radius 3 is 2.55 bits per heavy atom. The molecule has 2 rings (SSSR count). The van der Waals surface area contributed by atoms with E-state index < -0.39 is 0 Å². The molecule has 1 aliphatic heterocycles. The molecular weight excluding hydrogens is 248 g/mol. The maximum atomic E-state index is 11.8. The van der Waals surface area contributed by atoms with Gasteiger partial charge in [-0.2, -0.15) is 0 Å². The summed E-state index contributed by atoms with van der Waals surface area (Å²) in [4.78, 5) is 14.3. The molecule has 0 radical (unpaired) electrons. The molecule has 106 valence electrons. The summed E-state index contributed by atoms with van der Waals surface area (Å²) < 4.78 is 0. The zero-order valence-electron chi connectivity index (χ0n) is 11.9. The topological polar surface area (TPSA) is 32.3 Å². The molecule has 1 amide bonds. The van der Waals surface area contributed by atoms with Gasteiger partial charge in [0.2, 0.25) is 5.91 Å². The predicted molar refractivity (Wildman–Crippen MR) is 82.5 cm³/mol. The van der Waals surface area contributed by atoms with Crippen molar-refractivity contribution < 1.29 is 4.79 Å². The third kappa shape index (κ3) is 4.71. The third-order valence-corrected chi connectivity index (χ3v) is 3.66. The zero-order valence-corrected chi connectivity index (χ0v) is 11.9. The van der Waals surface area contributed by atoms with E-state index in [-0.39, 0.29) is 5.91 Å². The molecule has 1 heterocycles. The lowest BCUT2D eigenvalue weighted by Crippen LogP contribution is -2.31. The fourth-order valence-electron chi connectivity index (χ4n) is 2.52. The Balaban J connectivity index is 1.68. The van der Waals surface area contributed by atoms with Gasteiger partial charge in [0.15, 0.2) is 0 Å². The van der Waals surface area contributed by atoms with Gasteiger partial charge in [-0.1, -0.05) is 12.3 Å². The highest BCUT2D eigenvalue weighted by Gasteiger charge is 2.10. The van der Waals surface area contributed by atoms with Crippen molar-refractivity contribution in [3.63, 3.8) is 0 Å². The van der Waals surface area contributed by atoms with Crippen LogP contribution in [-0.2, 0) is 4.79 Å². The molecule has 20 heavy (non-hydrogen) atoms. The van der Waals surface area contributed by atoms with E-state index in [0.29, 0.717) is 6.42 Å². The highest BCUT2D eigenvalue weighted by molar-refractivity contribution is 5.90. The maximum absolute atomic E-state index is 11.8. The van der Waals surface area contributed by atoms with Gasteiger partial charge in [-0.25, -0.2) is 0 Å². The number of terminal acetylenes is 1. The number of benzene rings is 1. The van der Waals surface area contributed by atoms with Crippen LogP contribution >= 0.6 is 0 Å². The summed E-state index contributed by atoms with van der Waals surface area (Å²) in [6, 6.07) is 7.36. The number of nitrogens with one attached hydrogen (secondary N) is 1. The number of carbonyl (C=O) groups excluding carboxylic acids is 1. The lowest BCUT2D eigenvalue weighted by molar-refractivity contribution is -0.116. The second-order valence-corrected chi connectivity index (χ2v) is 5.28. The first-order chi connectivity index (χ1) is 9.78. The van der Waals surface area contributed by atoms with E-state index in [9.17, 15) is 4.79 Å². The summed E-state index contributed by atoms with van der Waals surface area (Å²) in [5, 5.41) is 2.90. The van der Waals surface area contributed by atoms with Crippen molar-refractivity contribution in [2.75, 3.05) is 25.0 Å². The minimum atomic E-state index is 0.0791. The molecule has 0 aromatic heterocycles. The van der Waals surface area contributed by atoms with Crippen LogP contribution in [0.3, 0.4) is 0 Å². The van der Waals surface area contributed by atoms with Crippen LogP contribution in [0.5, 0.6) is 0 Å².